The standard InChI is InChI=1S/C18H23N3OS3/c22-17(13-24-15-3-1-2-4-15)20-6-8-21(9-7-20)18-19-16(12-25-18)14-5-10-23-11-14/h5,10-12,15H,1-4,6-9,13H2. The largest absolute Gasteiger partial charge is 0.345 e. The van der Waals surface area contributed by atoms with E-state index in [-0.39, 0.29) is 0 Å². The molecule has 2 fully saturated rings. The summed E-state index contributed by atoms with van der Waals surface area (Å²) in [5.74, 6) is 0.971. The van der Waals surface area contributed by atoms with E-state index in [2.05, 4.69) is 27.1 Å². The number of amides is 1. The van der Waals surface area contributed by atoms with Crippen molar-refractivity contribution < 1.29 is 4.79 Å². The highest BCUT2D eigenvalue weighted by Crippen LogP contribution is 2.31. The van der Waals surface area contributed by atoms with E-state index in [1.165, 1.54) is 31.2 Å². The van der Waals surface area contributed by atoms with E-state index in [0.717, 1.165) is 42.3 Å². The Hall–Kier alpha value is -1.05. The summed E-state index contributed by atoms with van der Waals surface area (Å²) >= 11 is 5.27. The molecule has 4 nitrogen and oxygen atoms in total. The van der Waals surface area contributed by atoms with Gasteiger partial charge in [0.05, 0.1) is 11.4 Å². The van der Waals surface area contributed by atoms with Crippen molar-refractivity contribution in [3.63, 3.8) is 0 Å². The van der Waals surface area contributed by atoms with Crippen LogP contribution in [-0.4, -0.2) is 53.0 Å². The van der Waals surface area contributed by atoms with Crippen molar-refractivity contribution in [2.24, 2.45) is 0 Å². The van der Waals surface area contributed by atoms with Gasteiger partial charge < -0.3 is 9.80 Å². The van der Waals surface area contributed by atoms with Gasteiger partial charge in [-0.1, -0.05) is 12.8 Å². The number of carbonyl (C=O) groups excluding carboxylic acids is 1. The lowest BCUT2D eigenvalue weighted by atomic mass is 10.3. The molecule has 0 spiro atoms. The number of hydrogen-bond donors (Lipinski definition) is 0. The van der Waals surface area contributed by atoms with Crippen molar-refractivity contribution >= 4 is 45.5 Å². The predicted octanol–water partition coefficient (Wildman–Crippen LogP) is 4.20. The number of thioether (sulfide) groups is 1. The van der Waals surface area contributed by atoms with E-state index in [1.54, 1.807) is 22.7 Å². The minimum atomic E-state index is 0.314. The third-order valence-corrected chi connectivity index (χ3v) is 7.90. The number of nitrogens with zero attached hydrogens (tertiary/aromatic N) is 3. The highest BCUT2D eigenvalue weighted by molar-refractivity contribution is 8.00. The molecule has 2 aliphatic rings. The first-order valence-corrected chi connectivity index (χ1v) is 11.8. The van der Waals surface area contributed by atoms with Gasteiger partial charge in [-0.3, -0.25) is 4.79 Å². The molecule has 0 radical (unpaired) electrons. The topological polar surface area (TPSA) is 36.4 Å². The van der Waals surface area contributed by atoms with Crippen LogP contribution in [0.2, 0.25) is 0 Å². The molecule has 3 heterocycles. The maximum absolute atomic E-state index is 12.4. The molecule has 2 aromatic rings. The van der Waals surface area contributed by atoms with Crippen LogP contribution in [0.4, 0.5) is 5.13 Å². The second kappa shape index (κ2) is 8.10. The maximum atomic E-state index is 12.4. The molecule has 0 unspecified atom stereocenters. The third-order valence-electron chi connectivity index (χ3n) is 4.96. The fraction of sp³-hybridized carbons (Fsp3) is 0.556. The van der Waals surface area contributed by atoms with Crippen molar-refractivity contribution in [1.29, 1.82) is 0 Å². The molecule has 0 aromatic carbocycles. The second-order valence-corrected chi connectivity index (χ2v) is 9.52. The minimum Gasteiger partial charge on any atom is -0.345 e. The van der Waals surface area contributed by atoms with Gasteiger partial charge in [0, 0.05) is 47.8 Å². The van der Waals surface area contributed by atoms with Crippen molar-refractivity contribution in [3.05, 3.63) is 22.2 Å². The Morgan fingerprint density at radius 1 is 1.20 bits per heavy atom. The summed E-state index contributed by atoms with van der Waals surface area (Å²) in [6, 6.07) is 2.11. The fourth-order valence-electron chi connectivity index (χ4n) is 3.43. The average molecular weight is 394 g/mol. The van der Waals surface area contributed by atoms with Gasteiger partial charge in [-0.2, -0.15) is 11.3 Å². The molecule has 0 N–H and O–H groups in total. The minimum absolute atomic E-state index is 0.314. The zero-order valence-electron chi connectivity index (χ0n) is 14.2. The van der Waals surface area contributed by atoms with Crippen LogP contribution in [0, 0.1) is 0 Å². The lowest BCUT2D eigenvalue weighted by molar-refractivity contribution is -0.128. The Balaban J connectivity index is 1.27. The molecule has 0 bridgehead atoms. The van der Waals surface area contributed by atoms with E-state index in [0.29, 0.717) is 11.7 Å². The van der Waals surface area contributed by atoms with E-state index < -0.39 is 0 Å². The number of thiazole rings is 1. The van der Waals surface area contributed by atoms with Crippen LogP contribution in [0.1, 0.15) is 25.7 Å². The van der Waals surface area contributed by atoms with Crippen molar-refractivity contribution in [2.75, 3.05) is 36.8 Å². The lowest BCUT2D eigenvalue weighted by Gasteiger charge is -2.34. The molecule has 2 aromatic heterocycles. The summed E-state index contributed by atoms with van der Waals surface area (Å²) in [5, 5.41) is 8.15. The normalized spacial score (nSPS) is 18.9. The van der Waals surface area contributed by atoms with Gasteiger partial charge in [-0.15, -0.1) is 23.1 Å². The molecule has 1 saturated heterocycles. The first-order valence-electron chi connectivity index (χ1n) is 8.92. The molecule has 1 saturated carbocycles. The quantitative estimate of drug-likeness (QED) is 0.763. The lowest BCUT2D eigenvalue weighted by Crippen LogP contribution is -2.49. The molecule has 1 aliphatic heterocycles. The smallest absolute Gasteiger partial charge is 0.232 e. The molecule has 1 aliphatic carbocycles. The molecular formula is C18H23N3OS3. The van der Waals surface area contributed by atoms with Gasteiger partial charge in [0.1, 0.15) is 0 Å². The van der Waals surface area contributed by atoms with Gasteiger partial charge in [0.25, 0.3) is 0 Å². The van der Waals surface area contributed by atoms with Crippen LogP contribution < -0.4 is 4.90 Å². The van der Waals surface area contributed by atoms with Crippen molar-refractivity contribution in [1.82, 2.24) is 9.88 Å². The number of carbonyl (C=O) groups is 1. The highest BCUT2D eigenvalue weighted by Gasteiger charge is 2.24. The zero-order valence-corrected chi connectivity index (χ0v) is 16.7. The Morgan fingerprint density at radius 3 is 2.72 bits per heavy atom. The Kier molecular flexibility index (Phi) is 5.63. The van der Waals surface area contributed by atoms with Gasteiger partial charge in [0.15, 0.2) is 5.13 Å². The van der Waals surface area contributed by atoms with Crippen LogP contribution in [-0.2, 0) is 4.79 Å². The maximum Gasteiger partial charge on any atom is 0.232 e. The van der Waals surface area contributed by atoms with Crippen molar-refractivity contribution in [3.8, 4) is 11.3 Å². The van der Waals surface area contributed by atoms with E-state index in [4.69, 9.17) is 4.98 Å². The molecular weight excluding hydrogens is 370 g/mol. The SMILES string of the molecule is O=C(CSC1CCCC1)N1CCN(c2nc(-c3ccsc3)cs2)CC1. The number of thiophene rings is 1. The van der Waals surface area contributed by atoms with Crippen LogP contribution in [0.3, 0.4) is 0 Å². The zero-order chi connectivity index (χ0) is 17.1. The van der Waals surface area contributed by atoms with E-state index >= 15 is 0 Å². The first-order chi connectivity index (χ1) is 12.3. The third kappa shape index (κ3) is 4.20. The summed E-state index contributed by atoms with van der Waals surface area (Å²) in [4.78, 5) is 21.6. The van der Waals surface area contributed by atoms with Crippen molar-refractivity contribution in [2.45, 2.75) is 30.9 Å². The number of piperazine rings is 1. The van der Waals surface area contributed by atoms with Crippen LogP contribution in [0.15, 0.2) is 22.2 Å². The van der Waals surface area contributed by atoms with Gasteiger partial charge >= 0.3 is 0 Å². The van der Waals surface area contributed by atoms with E-state index in [9.17, 15) is 4.79 Å². The molecule has 0 atom stereocenters. The van der Waals surface area contributed by atoms with Crippen LogP contribution in [0.25, 0.3) is 11.3 Å². The highest BCUT2D eigenvalue weighted by atomic mass is 32.2. The number of aromatic nitrogens is 1. The number of anilines is 1. The molecule has 1 amide bonds. The second-order valence-electron chi connectivity index (χ2n) is 6.61. The monoisotopic (exact) mass is 393 g/mol. The van der Waals surface area contributed by atoms with Gasteiger partial charge in [0.2, 0.25) is 5.91 Å². The fourth-order valence-corrected chi connectivity index (χ4v) is 6.20. The Morgan fingerprint density at radius 2 is 2.00 bits per heavy atom. The average Bonchev–Trinajstić information content (AvgIpc) is 3.42. The molecule has 25 heavy (non-hydrogen) atoms. The summed E-state index contributed by atoms with van der Waals surface area (Å²) in [6.07, 6.45) is 5.27. The molecule has 134 valence electrons. The summed E-state index contributed by atoms with van der Waals surface area (Å²) in [7, 11) is 0. The summed E-state index contributed by atoms with van der Waals surface area (Å²) < 4.78 is 0. The van der Waals surface area contributed by atoms with Crippen LogP contribution >= 0.6 is 34.4 Å². The molecule has 7 heteroatoms. The Bertz CT molecular complexity index is 686. The number of rotatable bonds is 5. The van der Waals surface area contributed by atoms with Crippen LogP contribution in [0.5, 0.6) is 0 Å². The predicted molar refractivity (Wildman–Crippen MR) is 109 cm³/mol. The first kappa shape index (κ1) is 17.4. The summed E-state index contributed by atoms with van der Waals surface area (Å²) in [5.41, 5.74) is 2.26. The molecule has 4 rings (SSSR count). The Labute approximate surface area is 161 Å². The van der Waals surface area contributed by atoms with Gasteiger partial charge in [-0.25, -0.2) is 4.98 Å². The van der Waals surface area contributed by atoms with E-state index in [1.807, 2.05) is 16.7 Å². The number of hydrogen-bond acceptors (Lipinski definition) is 6. The van der Waals surface area contributed by atoms with Gasteiger partial charge in [-0.05, 0) is 24.3 Å². The summed E-state index contributed by atoms with van der Waals surface area (Å²) in [6.45, 7) is 3.40.